The van der Waals surface area contributed by atoms with Crippen LogP contribution >= 0.6 is 0 Å². The summed E-state index contributed by atoms with van der Waals surface area (Å²) < 4.78 is 6.42. The zero-order valence-corrected chi connectivity index (χ0v) is 10.7. The highest BCUT2D eigenvalue weighted by Crippen LogP contribution is 2.07. The Bertz CT molecular complexity index is 537. The summed E-state index contributed by atoms with van der Waals surface area (Å²) in [5.74, 6) is -1.16. The van der Waals surface area contributed by atoms with E-state index in [1.54, 1.807) is 14.0 Å². The molecule has 3 amide bonds. The predicted molar refractivity (Wildman–Crippen MR) is 63.3 cm³/mol. The van der Waals surface area contributed by atoms with Crippen molar-refractivity contribution in [2.45, 2.75) is 6.92 Å². The largest absolute Gasteiger partial charge is 0.452 e. The minimum absolute atomic E-state index is 0.293. The number of hydrogen-bond donors (Lipinski definition) is 1. The molecule has 0 aliphatic carbocycles. The van der Waals surface area contributed by atoms with Gasteiger partial charge in [0.05, 0.1) is 6.20 Å². The molecule has 0 aromatic carbocycles. The number of rotatable bonds is 3. The van der Waals surface area contributed by atoms with Crippen molar-refractivity contribution >= 4 is 17.9 Å². The van der Waals surface area contributed by atoms with E-state index in [1.165, 1.54) is 10.9 Å². The Balaban J connectivity index is 1.92. The lowest BCUT2D eigenvalue weighted by molar-refractivity contribution is -0.130. The molecule has 0 radical (unpaired) electrons. The molecule has 1 aromatic heterocycles. The summed E-state index contributed by atoms with van der Waals surface area (Å²) in [4.78, 5) is 35.6. The first-order valence-electron chi connectivity index (χ1n) is 5.74. The first kappa shape index (κ1) is 13.1. The van der Waals surface area contributed by atoms with Crippen molar-refractivity contribution in [3.05, 3.63) is 17.5 Å². The summed E-state index contributed by atoms with van der Waals surface area (Å²) in [6.07, 6.45) is 1.38. The van der Waals surface area contributed by atoms with Crippen LogP contribution in [0.15, 0.2) is 6.20 Å². The van der Waals surface area contributed by atoms with Crippen molar-refractivity contribution in [1.29, 1.82) is 0 Å². The lowest BCUT2D eigenvalue weighted by Crippen LogP contribution is -2.37. The van der Waals surface area contributed by atoms with Crippen LogP contribution in [0.2, 0.25) is 0 Å². The minimum Gasteiger partial charge on any atom is -0.452 e. The molecule has 1 aliphatic heterocycles. The number of carbonyl (C=O) groups excluding carboxylic acids is 3. The number of aryl methyl sites for hydroxylation is 1. The molecule has 1 N–H and O–H groups in total. The first-order chi connectivity index (χ1) is 9.00. The Kier molecular flexibility index (Phi) is 3.50. The molecule has 0 atom stereocenters. The third-order valence-electron chi connectivity index (χ3n) is 2.94. The number of carbonyl (C=O) groups is 3. The SMILES string of the molecule is Cc1c(C(=O)OCC(=O)N2CCNC2=O)cnn1C. The Hall–Kier alpha value is -2.38. The van der Waals surface area contributed by atoms with Gasteiger partial charge in [-0.05, 0) is 6.92 Å². The molecule has 102 valence electrons. The van der Waals surface area contributed by atoms with Gasteiger partial charge < -0.3 is 10.1 Å². The van der Waals surface area contributed by atoms with Crippen LogP contribution in [-0.4, -0.2) is 52.3 Å². The van der Waals surface area contributed by atoms with Gasteiger partial charge in [0, 0.05) is 25.8 Å². The van der Waals surface area contributed by atoms with Gasteiger partial charge in [0.25, 0.3) is 5.91 Å². The molecule has 0 bridgehead atoms. The maximum atomic E-state index is 11.7. The highest BCUT2D eigenvalue weighted by Gasteiger charge is 2.27. The van der Waals surface area contributed by atoms with Gasteiger partial charge in [0.15, 0.2) is 6.61 Å². The number of ether oxygens (including phenoxy) is 1. The van der Waals surface area contributed by atoms with E-state index in [0.29, 0.717) is 24.3 Å². The zero-order valence-electron chi connectivity index (χ0n) is 10.7. The summed E-state index contributed by atoms with van der Waals surface area (Å²) in [5.41, 5.74) is 0.956. The number of urea groups is 1. The molecule has 1 fully saturated rings. The van der Waals surface area contributed by atoms with Crippen LogP contribution in [0.1, 0.15) is 16.1 Å². The summed E-state index contributed by atoms with van der Waals surface area (Å²) in [7, 11) is 1.70. The van der Waals surface area contributed by atoms with Crippen LogP contribution in [0.5, 0.6) is 0 Å². The number of esters is 1. The Morgan fingerprint density at radius 1 is 1.53 bits per heavy atom. The van der Waals surface area contributed by atoms with E-state index in [4.69, 9.17) is 4.74 Å². The Morgan fingerprint density at radius 2 is 2.26 bits per heavy atom. The number of nitrogens with zero attached hydrogens (tertiary/aromatic N) is 3. The zero-order chi connectivity index (χ0) is 14.0. The maximum absolute atomic E-state index is 11.7. The smallest absolute Gasteiger partial charge is 0.342 e. The average Bonchev–Trinajstić information content (AvgIpc) is 2.94. The highest BCUT2D eigenvalue weighted by molar-refractivity contribution is 5.98. The van der Waals surface area contributed by atoms with Crippen LogP contribution in [0, 0.1) is 6.92 Å². The summed E-state index contributed by atoms with van der Waals surface area (Å²) in [6.45, 7) is 1.97. The molecule has 2 rings (SSSR count). The van der Waals surface area contributed by atoms with Gasteiger partial charge in [0.2, 0.25) is 0 Å². The van der Waals surface area contributed by atoms with E-state index in [1.807, 2.05) is 0 Å². The van der Waals surface area contributed by atoms with Crippen molar-refractivity contribution < 1.29 is 19.1 Å². The normalized spacial score (nSPS) is 14.4. The van der Waals surface area contributed by atoms with Crippen LogP contribution in [0.25, 0.3) is 0 Å². The quantitative estimate of drug-likeness (QED) is 0.740. The lowest BCUT2D eigenvalue weighted by Gasteiger charge is -2.11. The van der Waals surface area contributed by atoms with Crippen molar-refractivity contribution in [2.24, 2.45) is 7.05 Å². The van der Waals surface area contributed by atoms with E-state index in [2.05, 4.69) is 10.4 Å². The average molecular weight is 266 g/mol. The highest BCUT2D eigenvalue weighted by atomic mass is 16.5. The monoisotopic (exact) mass is 266 g/mol. The molecular weight excluding hydrogens is 252 g/mol. The third kappa shape index (κ3) is 2.56. The molecule has 19 heavy (non-hydrogen) atoms. The topological polar surface area (TPSA) is 93.5 Å². The van der Waals surface area contributed by atoms with Crippen LogP contribution < -0.4 is 5.32 Å². The van der Waals surface area contributed by atoms with Crippen LogP contribution in [-0.2, 0) is 16.6 Å². The van der Waals surface area contributed by atoms with Crippen LogP contribution in [0.4, 0.5) is 4.79 Å². The Labute approximate surface area is 109 Å². The molecule has 0 unspecified atom stereocenters. The van der Waals surface area contributed by atoms with Gasteiger partial charge in [-0.2, -0.15) is 5.10 Å². The summed E-state index contributed by atoms with van der Waals surface area (Å²) in [6, 6.07) is -0.460. The van der Waals surface area contributed by atoms with Crippen molar-refractivity contribution in [3.63, 3.8) is 0 Å². The van der Waals surface area contributed by atoms with Gasteiger partial charge in [-0.3, -0.25) is 14.4 Å². The molecule has 1 aromatic rings. The lowest BCUT2D eigenvalue weighted by atomic mass is 10.3. The van der Waals surface area contributed by atoms with Gasteiger partial charge in [-0.15, -0.1) is 0 Å². The third-order valence-corrected chi connectivity index (χ3v) is 2.94. The number of imide groups is 1. The van der Waals surface area contributed by atoms with Gasteiger partial charge in [-0.25, -0.2) is 9.59 Å². The fraction of sp³-hybridized carbons (Fsp3) is 0.455. The second-order valence-electron chi connectivity index (χ2n) is 4.12. The Morgan fingerprint density at radius 3 is 2.79 bits per heavy atom. The van der Waals surface area contributed by atoms with E-state index in [0.717, 1.165) is 4.90 Å². The molecular formula is C11H14N4O4. The summed E-state index contributed by atoms with van der Waals surface area (Å²) in [5, 5.41) is 6.40. The number of hydrogen-bond acceptors (Lipinski definition) is 5. The number of aromatic nitrogens is 2. The second-order valence-corrected chi connectivity index (χ2v) is 4.12. The standard InChI is InChI=1S/C11H14N4O4/c1-7-8(5-13-14(7)2)10(17)19-6-9(16)15-4-3-12-11(15)18/h5H,3-4,6H2,1-2H3,(H,12,18). The molecule has 8 nitrogen and oxygen atoms in total. The summed E-state index contributed by atoms with van der Waals surface area (Å²) >= 11 is 0. The van der Waals surface area contributed by atoms with E-state index in [9.17, 15) is 14.4 Å². The van der Waals surface area contributed by atoms with E-state index < -0.39 is 24.5 Å². The van der Waals surface area contributed by atoms with Gasteiger partial charge in [-0.1, -0.05) is 0 Å². The van der Waals surface area contributed by atoms with Crippen molar-refractivity contribution in [1.82, 2.24) is 20.0 Å². The fourth-order valence-corrected chi connectivity index (χ4v) is 1.69. The van der Waals surface area contributed by atoms with E-state index in [-0.39, 0.29) is 0 Å². The molecule has 1 aliphatic rings. The first-order valence-corrected chi connectivity index (χ1v) is 5.74. The van der Waals surface area contributed by atoms with Gasteiger partial charge >= 0.3 is 12.0 Å². The second kappa shape index (κ2) is 5.09. The number of nitrogens with one attached hydrogen (secondary N) is 1. The maximum Gasteiger partial charge on any atom is 0.342 e. The molecule has 2 heterocycles. The predicted octanol–water partition coefficient (Wildman–Crippen LogP) is -0.563. The molecule has 8 heteroatoms. The molecule has 0 spiro atoms. The van der Waals surface area contributed by atoms with Crippen molar-refractivity contribution in [3.8, 4) is 0 Å². The minimum atomic E-state index is -0.626. The van der Waals surface area contributed by atoms with E-state index >= 15 is 0 Å². The fourth-order valence-electron chi connectivity index (χ4n) is 1.69. The van der Waals surface area contributed by atoms with Gasteiger partial charge in [0.1, 0.15) is 5.56 Å². The van der Waals surface area contributed by atoms with Crippen molar-refractivity contribution in [2.75, 3.05) is 19.7 Å². The number of amides is 3. The van der Waals surface area contributed by atoms with Crippen LogP contribution in [0.3, 0.4) is 0 Å². The molecule has 1 saturated heterocycles. The molecule has 0 saturated carbocycles.